The van der Waals surface area contributed by atoms with Crippen LogP contribution in [0, 0.1) is 0 Å². The first-order valence-corrected chi connectivity index (χ1v) is 6.29. The molecule has 0 N–H and O–H groups in total. The molecule has 0 fully saturated rings. The Bertz CT molecular complexity index is 671. The monoisotopic (exact) mass is 250 g/mol. The van der Waals surface area contributed by atoms with Gasteiger partial charge in [0.25, 0.3) is 0 Å². The van der Waals surface area contributed by atoms with E-state index in [0.717, 1.165) is 11.1 Å². The molecule has 0 saturated heterocycles. The van der Waals surface area contributed by atoms with Crippen LogP contribution in [0.15, 0.2) is 55.1 Å². The van der Waals surface area contributed by atoms with Crippen molar-refractivity contribution in [3.63, 3.8) is 0 Å². The van der Waals surface area contributed by atoms with Crippen LogP contribution < -0.4 is 4.74 Å². The van der Waals surface area contributed by atoms with Crippen molar-refractivity contribution >= 4 is 5.97 Å². The Morgan fingerprint density at radius 1 is 1.16 bits per heavy atom. The highest BCUT2D eigenvalue weighted by Gasteiger charge is 2.28. The molecule has 1 aliphatic carbocycles. The van der Waals surface area contributed by atoms with E-state index in [9.17, 15) is 4.79 Å². The van der Waals surface area contributed by atoms with Crippen molar-refractivity contribution in [2.45, 2.75) is 12.8 Å². The lowest BCUT2D eigenvalue weighted by molar-refractivity contribution is -0.129. The zero-order valence-corrected chi connectivity index (χ0v) is 10.7. The molecule has 1 unspecified atom stereocenters. The van der Waals surface area contributed by atoms with Crippen LogP contribution in [-0.2, 0) is 4.79 Å². The molecule has 0 aliphatic heterocycles. The predicted octanol–water partition coefficient (Wildman–Crippen LogP) is 3.91. The summed E-state index contributed by atoms with van der Waals surface area (Å²) in [6.45, 7) is 5.57. The van der Waals surface area contributed by atoms with Gasteiger partial charge in [-0.15, -0.1) is 0 Å². The van der Waals surface area contributed by atoms with Crippen molar-refractivity contribution in [3.8, 4) is 16.9 Å². The lowest BCUT2D eigenvalue weighted by Crippen LogP contribution is -2.06. The maximum Gasteiger partial charge on any atom is 0.335 e. The lowest BCUT2D eigenvalue weighted by Gasteiger charge is -2.11. The van der Waals surface area contributed by atoms with Crippen LogP contribution in [-0.4, -0.2) is 5.97 Å². The summed E-state index contributed by atoms with van der Waals surface area (Å²) >= 11 is 0. The summed E-state index contributed by atoms with van der Waals surface area (Å²) in [4.78, 5) is 11.4. The van der Waals surface area contributed by atoms with Gasteiger partial charge in [-0.1, -0.05) is 49.9 Å². The molecule has 94 valence electrons. The van der Waals surface area contributed by atoms with Gasteiger partial charge in [0, 0.05) is 17.6 Å². The van der Waals surface area contributed by atoms with E-state index < -0.39 is 5.97 Å². The Morgan fingerprint density at radius 2 is 1.89 bits per heavy atom. The number of esters is 1. The third-order valence-corrected chi connectivity index (χ3v) is 3.59. The van der Waals surface area contributed by atoms with Crippen LogP contribution in [0.25, 0.3) is 11.1 Å². The molecular formula is C17H14O2. The summed E-state index contributed by atoms with van der Waals surface area (Å²) in [5.74, 6) is 0.447. The molecule has 3 rings (SSSR count). The molecule has 2 nitrogen and oxygen atoms in total. The number of benzene rings is 2. The minimum absolute atomic E-state index is 0.236. The van der Waals surface area contributed by atoms with Crippen molar-refractivity contribution < 1.29 is 9.53 Å². The van der Waals surface area contributed by atoms with E-state index in [4.69, 9.17) is 4.74 Å². The molecule has 0 heterocycles. The first-order valence-electron chi connectivity index (χ1n) is 6.29. The van der Waals surface area contributed by atoms with Gasteiger partial charge < -0.3 is 4.74 Å². The summed E-state index contributed by atoms with van der Waals surface area (Å²) in [5.41, 5.74) is 4.73. The number of fused-ring (bicyclic) bond motifs is 3. The standard InChI is InChI=1S/C17H14O2/c1-3-16(18)19-15-10-6-9-14-13-8-5-4-7-12(13)11(2)17(14)15/h3-11H,1H2,2H3. The number of ether oxygens (including phenoxy) is 1. The topological polar surface area (TPSA) is 26.3 Å². The van der Waals surface area contributed by atoms with E-state index in [0.29, 0.717) is 5.75 Å². The van der Waals surface area contributed by atoms with E-state index in [-0.39, 0.29) is 5.92 Å². The van der Waals surface area contributed by atoms with Crippen LogP contribution in [0.2, 0.25) is 0 Å². The first kappa shape index (κ1) is 11.7. The third-order valence-electron chi connectivity index (χ3n) is 3.59. The van der Waals surface area contributed by atoms with Crippen LogP contribution in [0.1, 0.15) is 24.0 Å². The Labute approximate surface area is 112 Å². The molecule has 0 aromatic heterocycles. The van der Waals surface area contributed by atoms with Crippen LogP contribution in [0.3, 0.4) is 0 Å². The zero-order valence-electron chi connectivity index (χ0n) is 10.7. The van der Waals surface area contributed by atoms with Gasteiger partial charge >= 0.3 is 5.97 Å². The van der Waals surface area contributed by atoms with Gasteiger partial charge in [0.15, 0.2) is 0 Å². The smallest absolute Gasteiger partial charge is 0.335 e. The Balaban J connectivity index is 2.15. The molecule has 2 aromatic carbocycles. The van der Waals surface area contributed by atoms with Crippen LogP contribution in [0.4, 0.5) is 0 Å². The summed E-state index contributed by atoms with van der Waals surface area (Å²) in [6, 6.07) is 14.1. The average Bonchev–Trinajstić information content (AvgIpc) is 2.74. The largest absolute Gasteiger partial charge is 0.423 e. The molecule has 1 atom stereocenters. The second kappa shape index (κ2) is 4.39. The number of rotatable bonds is 2. The van der Waals surface area contributed by atoms with E-state index in [1.54, 1.807) is 0 Å². The van der Waals surface area contributed by atoms with Crippen molar-refractivity contribution in [3.05, 3.63) is 66.2 Å². The Morgan fingerprint density at radius 3 is 2.68 bits per heavy atom. The lowest BCUT2D eigenvalue weighted by atomic mass is 9.98. The third kappa shape index (κ3) is 1.76. The molecule has 0 radical (unpaired) electrons. The molecule has 0 bridgehead atoms. The predicted molar refractivity (Wildman–Crippen MR) is 75.2 cm³/mol. The van der Waals surface area contributed by atoms with Gasteiger partial charge in [-0.25, -0.2) is 4.79 Å². The summed E-state index contributed by atoms with van der Waals surface area (Å²) in [5, 5.41) is 0. The van der Waals surface area contributed by atoms with Gasteiger partial charge in [-0.3, -0.25) is 0 Å². The van der Waals surface area contributed by atoms with Gasteiger partial charge in [0.05, 0.1) is 0 Å². The minimum atomic E-state index is -0.420. The molecular weight excluding hydrogens is 236 g/mol. The second-order valence-corrected chi connectivity index (χ2v) is 4.65. The van der Waals surface area contributed by atoms with Gasteiger partial charge in [-0.05, 0) is 22.8 Å². The minimum Gasteiger partial charge on any atom is -0.423 e. The van der Waals surface area contributed by atoms with Crippen LogP contribution >= 0.6 is 0 Å². The average molecular weight is 250 g/mol. The number of carbonyl (C=O) groups excluding carboxylic acids is 1. The summed E-state index contributed by atoms with van der Waals surface area (Å²) in [6.07, 6.45) is 1.19. The highest BCUT2D eigenvalue weighted by Crippen LogP contribution is 2.48. The maximum absolute atomic E-state index is 11.4. The van der Waals surface area contributed by atoms with Crippen LogP contribution in [0.5, 0.6) is 5.75 Å². The maximum atomic E-state index is 11.4. The van der Waals surface area contributed by atoms with Crippen molar-refractivity contribution in [2.24, 2.45) is 0 Å². The van der Waals surface area contributed by atoms with E-state index >= 15 is 0 Å². The molecule has 2 aromatic rings. The molecule has 1 aliphatic rings. The fourth-order valence-electron chi connectivity index (χ4n) is 2.74. The molecule has 0 amide bonds. The van der Waals surface area contributed by atoms with Gasteiger partial charge in [0.2, 0.25) is 0 Å². The number of hydrogen-bond donors (Lipinski definition) is 0. The number of carbonyl (C=O) groups is 1. The van der Waals surface area contributed by atoms with Crippen molar-refractivity contribution in [2.75, 3.05) is 0 Å². The van der Waals surface area contributed by atoms with E-state index in [1.807, 2.05) is 24.3 Å². The van der Waals surface area contributed by atoms with Crippen molar-refractivity contribution in [1.82, 2.24) is 0 Å². The molecule has 0 saturated carbocycles. The fraction of sp³-hybridized carbons (Fsp3) is 0.118. The van der Waals surface area contributed by atoms with Gasteiger partial charge in [0.1, 0.15) is 5.75 Å². The zero-order chi connectivity index (χ0) is 13.4. The molecule has 19 heavy (non-hydrogen) atoms. The summed E-state index contributed by atoms with van der Waals surface area (Å²) < 4.78 is 5.35. The molecule has 0 spiro atoms. The Hall–Kier alpha value is -2.35. The molecule has 2 heteroatoms. The normalized spacial score (nSPS) is 15.5. The quantitative estimate of drug-likeness (QED) is 0.459. The summed E-state index contributed by atoms with van der Waals surface area (Å²) in [7, 11) is 0. The Kier molecular flexibility index (Phi) is 2.71. The first-order chi connectivity index (χ1) is 9.22. The highest BCUT2D eigenvalue weighted by molar-refractivity contribution is 5.86. The van der Waals surface area contributed by atoms with E-state index in [1.165, 1.54) is 17.2 Å². The second-order valence-electron chi connectivity index (χ2n) is 4.65. The SMILES string of the molecule is C=CC(=O)Oc1cccc2c1C(C)c1ccccc1-2. The van der Waals surface area contributed by atoms with Crippen molar-refractivity contribution in [1.29, 1.82) is 0 Å². The van der Waals surface area contributed by atoms with E-state index in [2.05, 4.69) is 31.7 Å². The highest BCUT2D eigenvalue weighted by atomic mass is 16.5. The number of hydrogen-bond acceptors (Lipinski definition) is 2. The fourth-order valence-corrected chi connectivity index (χ4v) is 2.74. The van der Waals surface area contributed by atoms with Gasteiger partial charge in [-0.2, -0.15) is 0 Å².